The van der Waals surface area contributed by atoms with Crippen molar-refractivity contribution in [3.63, 3.8) is 0 Å². The number of aromatic amines is 1. The van der Waals surface area contributed by atoms with E-state index in [0.717, 1.165) is 26.2 Å². The van der Waals surface area contributed by atoms with Crippen LogP contribution in [0.1, 0.15) is 18.7 Å². The second-order valence-corrected chi connectivity index (χ2v) is 5.82. The Bertz CT molecular complexity index is 680. The lowest BCUT2D eigenvalue weighted by Gasteiger charge is -2.22. The van der Waals surface area contributed by atoms with Crippen LogP contribution in [-0.2, 0) is 11.3 Å². The van der Waals surface area contributed by atoms with Gasteiger partial charge in [0.2, 0.25) is 0 Å². The maximum atomic E-state index is 12.0. The zero-order valence-corrected chi connectivity index (χ0v) is 12.4. The average Bonchev–Trinajstić information content (AvgIpc) is 2.48. The predicted octanol–water partition coefficient (Wildman–Crippen LogP) is 2.09. The molecule has 1 aliphatic rings. The molecule has 1 aromatic carbocycles. The van der Waals surface area contributed by atoms with E-state index < -0.39 is 0 Å². The normalized spacial score (nSPS) is 19.0. The molecule has 0 aliphatic carbocycles. The zero-order valence-electron chi connectivity index (χ0n) is 11.7. The van der Waals surface area contributed by atoms with Gasteiger partial charge in [-0.15, -0.1) is 0 Å². The second kappa shape index (κ2) is 6.56. The van der Waals surface area contributed by atoms with Crippen molar-refractivity contribution < 1.29 is 4.74 Å². The Morgan fingerprint density at radius 3 is 3.19 bits per heavy atom. The monoisotopic (exact) mass is 307 g/mol. The predicted molar refractivity (Wildman–Crippen MR) is 82.6 cm³/mol. The van der Waals surface area contributed by atoms with E-state index >= 15 is 0 Å². The highest BCUT2D eigenvalue weighted by Gasteiger charge is 2.13. The van der Waals surface area contributed by atoms with Crippen molar-refractivity contribution in [1.29, 1.82) is 0 Å². The van der Waals surface area contributed by atoms with E-state index in [0.29, 0.717) is 34.2 Å². The number of aromatic nitrogens is 2. The molecule has 112 valence electrons. The van der Waals surface area contributed by atoms with Gasteiger partial charge < -0.3 is 15.0 Å². The third kappa shape index (κ3) is 3.61. The van der Waals surface area contributed by atoms with Crippen molar-refractivity contribution in [2.45, 2.75) is 19.4 Å². The van der Waals surface area contributed by atoms with Gasteiger partial charge in [0.05, 0.1) is 24.1 Å². The number of fused-ring (bicyclic) bond motifs is 1. The molecular weight excluding hydrogens is 290 g/mol. The number of hydrogen-bond acceptors (Lipinski definition) is 4. The maximum Gasteiger partial charge on any atom is 0.258 e. The molecule has 2 N–H and O–H groups in total. The smallest absolute Gasteiger partial charge is 0.258 e. The molecule has 1 saturated heterocycles. The van der Waals surface area contributed by atoms with Crippen molar-refractivity contribution in [2.75, 3.05) is 19.8 Å². The van der Waals surface area contributed by atoms with Crippen molar-refractivity contribution in [3.8, 4) is 0 Å². The molecule has 3 rings (SSSR count). The fourth-order valence-electron chi connectivity index (χ4n) is 2.61. The summed E-state index contributed by atoms with van der Waals surface area (Å²) in [5, 5.41) is 4.47. The molecule has 21 heavy (non-hydrogen) atoms. The van der Waals surface area contributed by atoms with Crippen LogP contribution in [-0.4, -0.2) is 29.7 Å². The van der Waals surface area contributed by atoms with Gasteiger partial charge in [0.15, 0.2) is 0 Å². The lowest BCUT2D eigenvalue weighted by Crippen LogP contribution is -2.29. The molecule has 2 aromatic rings. The minimum atomic E-state index is -0.130. The first-order valence-electron chi connectivity index (χ1n) is 7.19. The fraction of sp³-hybridized carbons (Fsp3) is 0.467. The van der Waals surface area contributed by atoms with Crippen LogP contribution in [0.25, 0.3) is 10.9 Å². The van der Waals surface area contributed by atoms with Gasteiger partial charge in [0, 0.05) is 18.2 Å². The van der Waals surface area contributed by atoms with Crippen LogP contribution in [0.5, 0.6) is 0 Å². The molecule has 0 radical (unpaired) electrons. The molecule has 1 aliphatic heterocycles. The van der Waals surface area contributed by atoms with Crippen LogP contribution < -0.4 is 10.9 Å². The Kier molecular flexibility index (Phi) is 4.53. The second-order valence-electron chi connectivity index (χ2n) is 5.39. The lowest BCUT2D eigenvalue weighted by molar-refractivity contribution is 0.0547. The van der Waals surface area contributed by atoms with Crippen LogP contribution >= 0.6 is 11.6 Å². The molecule has 0 spiro atoms. The molecule has 0 bridgehead atoms. The topological polar surface area (TPSA) is 67.0 Å². The minimum Gasteiger partial charge on any atom is -0.381 e. The van der Waals surface area contributed by atoms with Crippen molar-refractivity contribution >= 4 is 22.5 Å². The summed E-state index contributed by atoms with van der Waals surface area (Å²) in [6.45, 7) is 3.09. The molecular formula is C15H18ClN3O2. The van der Waals surface area contributed by atoms with E-state index in [1.807, 2.05) is 0 Å². The Balaban J connectivity index is 1.67. The van der Waals surface area contributed by atoms with Crippen LogP contribution in [0.2, 0.25) is 5.02 Å². The Labute approximate surface area is 127 Å². The summed E-state index contributed by atoms with van der Waals surface area (Å²) < 4.78 is 5.45. The van der Waals surface area contributed by atoms with Crippen molar-refractivity contribution in [3.05, 3.63) is 39.4 Å². The van der Waals surface area contributed by atoms with Crippen LogP contribution in [0.4, 0.5) is 0 Å². The number of benzene rings is 1. The lowest BCUT2D eigenvalue weighted by atomic mass is 10.0. The van der Waals surface area contributed by atoms with Gasteiger partial charge in [-0.05, 0) is 37.0 Å². The molecule has 1 aromatic heterocycles. The van der Waals surface area contributed by atoms with E-state index in [1.54, 1.807) is 18.2 Å². The number of rotatable bonds is 4. The summed E-state index contributed by atoms with van der Waals surface area (Å²) in [7, 11) is 0. The number of ether oxygens (including phenoxy) is 1. The molecule has 6 heteroatoms. The SMILES string of the molecule is O=c1[nH]c(CNCC2CCCOC2)nc2cc(Cl)ccc12. The highest BCUT2D eigenvalue weighted by atomic mass is 35.5. The molecule has 5 nitrogen and oxygen atoms in total. The first-order valence-corrected chi connectivity index (χ1v) is 7.57. The number of nitrogens with one attached hydrogen (secondary N) is 2. The Morgan fingerprint density at radius 1 is 1.48 bits per heavy atom. The number of H-pyrrole nitrogens is 1. The highest BCUT2D eigenvalue weighted by molar-refractivity contribution is 6.31. The first kappa shape index (κ1) is 14.5. The standard InChI is InChI=1S/C15H18ClN3O2/c16-11-3-4-12-13(6-11)18-14(19-15(12)20)8-17-7-10-2-1-5-21-9-10/h3-4,6,10,17H,1-2,5,7-9H2,(H,18,19,20). The summed E-state index contributed by atoms with van der Waals surface area (Å²) in [6, 6.07) is 5.10. The van der Waals surface area contributed by atoms with Crippen molar-refractivity contribution in [1.82, 2.24) is 15.3 Å². The fourth-order valence-corrected chi connectivity index (χ4v) is 2.77. The number of hydrogen-bond donors (Lipinski definition) is 2. The first-order chi connectivity index (χ1) is 10.2. The Morgan fingerprint density at radius 2 is 2.38 bits per heavy atom. The van der Waals surface area contributed by atoms with E-state index in [2.05, 4.69) is 15.3 Å². The highest BCUT2D eigenvalue weighted by Crippen LogP contribution is 2.15. The largest absolute Gasteiger partial charge is 0.381 e. The van der Waals surface area contributed by atoms with Crippen LogP contribution in [0.3, 0.4) is 0 Å². The maximum absolute atomic E-state index is 12.0. The van der Waals surface area contributed by atoms with Gasteiger partial charge in [0.25, 0.3) is 5.56 Å². The van der Waals surface area contributed by atoms with Gasteiger partial charge in [-0.1, -0.05) is 11.6 Å². The van der Waals surface area contributed by atoms with E-state index in [9.17, 15) is 4.79 Å². The van der Waals surface area contributed by atoms with Crippen LogP contribution in [0.15, 0.2) is 23.0 Å². The average molecular weight is 308 g/mol. The van der Waals surface area contributed by atoms with E-state index in [4.69, 9.17) is 16.3 Å². The summed E-state index contributed by atoms with van der Waals surface area (Å²) in [6.07, 6.45) is 2.31. The summed E-state index contributed by atoms with van der Waals surface area (Å²) in [5.74, 6) is 1.17. The van der Waals surface area contributed by atoms with Crippen molar-refractivity contribution in [2.24, 2.45) is 5.92 Å². The molecule has 1 atom stereocenters. The summed E-state index contributed by atoms with van der Waals surface area (Å²) >= 11 is 5.95. The molecule has 1 fully saturated rings. The van der Waals surface area contributed by atoms with Gasteiger partial charge in [-0.2, -0.15) is 0 Å². The van der Waals surface area contributed by atoms with Gasteiger partial charge in [-0.3, -0.25) is 4.79 Å². The third-order valence-corrected chi connectivity index (χ3v) is 3.93. The Hall–Kier alpha value is -1.43. The molecule has 2 heterocycles. The third-order valence-electron chi connectivity index (χ3n) is 3.70. The minimum absolute atomic E-state index is 0.130. The quantitative estimate of drug-likeness (QED) is 0.907. The molecule has 0 saturated carbocycles. The van der Waals surface area contributed by atoms with Crippen LogP contribution in [0, 0.1) is 5.92 Å². The zero-order chi connectivity index (χ0) is 14.7. The number of halogens is 1. The van der Waals surface area contributed by atoms with Gasteiger partial charge >= 0.3 is 0 Å². The summed E-state index contributed by atoms with van der Waals surface area (Å²) in [4.78, 5) is 19.2. The van der Waals surface area contributed by atoms with E-state index in [1.165, 1.54) is 6.42 Å². The van der Waals surface area contributed by atoms with Gasteiger partial charge in [-0.25, -0.2) is 4.98 Å². The number of nitrogens with zero attached hydrogens (tertiary/aromatic N) is 1. The molecule has 0 amide bonds. The van der Waals surface area contributed by atoms with E-state index in [-0.39, 0.29) is 5.56 Å². The summed E-state index contributed by atoms with van der Waals surface area (Å²) in [5.41, 5.74) is 0.499. The molecule has 1 unspecified atom stereocenters. The van der Waals surface area contributed by atoms with Gasteiger partial charge in [0.1, 0.15) is 5.82 Å².